The molecule has 11 heavy (non-hydrogen) atoms. The maximum absolute atomic E-state index is 8.70. The summed E-state index contributed by atoms with van der Waals surface area (Å²) in [5.41, 5.74) is -0.306. The van der Waals surface area contributed by atoms with Gasteiger partial charge in [-0.2, -0.15) is 0 Å². The summed E-state index contributed by atoms with van der Waals surface area (Å²) in [4.78, 5) is 14.2. The molecule has 0 aromatic rings. The Morgan fingerprint density at radius 3 is 1.36 bits per heavy atom. The summed E-state index contributed by atoms with van der Waals surface area (Å²) in [6, 6.07) is 0. The summed E-state index contributed by atoms with van der Waals surface area (Å²) < 4.78 is 8.70. The van der Waals surface area contributed by atoms with Crippen LogP contribution in [0.5, 0.6) is 0 Å². The van der Waals surface area contributed by atoms with Gasteiger partial charge in [-0.05, 0) is 0 Å². The number of aliphatic hydroxyl groups excluding tert-OH is 2. The Hall–Kier alpha value is -0.0600. The van der Waals surface area contributed by atoms with Gasteiger partial charge in [-0.15, -0.1) is 9.79 Å². The molecule has 0 amide bonds. The van der Waals surface area contributed by atoms with Crippen LogP contribution in [0, 0.1) is 5.41 Å². The Morgan fingerprint density at radius 2 is 1.36 bits per heavy atom. The van der Waals surface area contributed by atoms with Crippen molar-refractivity contribution < 1.29 is 24.6 Å². The first-order chi connectivity index (χ1) is 4.85. The lowest BCUT2D eigenvalue weighted by atomic mass is 9.97. The van der Waals surface area contributed by atoms with Gasteiger partial charge >= 0.3 is 8.25 Å². The second kappa shape index (κ2) is 6.64. The number of aliphatic hydroxyl groups is 2. The van der Waals surface area contributed by atoms with Crippen molar-refractivity contribution in [2.75, 3.05) is 13.2 Å². The van der Waals surface area contributed by atoms with E-state index in [1.807, 2.05) is 0 Å². The smallest absolute Gasteiger partial charge is 0.396 e. The Labute approximate surface area is 66.3 Å². The lowest BCUT2D eigenvalue weighted by Crippen LogP contribution is -2.20. The van der Waals surface area contributed by atoms with Gasteiger partial charge in [0, 0.05) is 9.98 Å². The molecule has 0 aromatic carbocycles. The normalized spacial score (nSPS) is 10.0. The van der Waals surface area contributed by atoms with Crippen molar-refractivity contribution in [1.29, 1.82) is 0 Å². The van der Waals surface area contributed by atoms with Crippen LogP contribution in [0.2, 0.25) is 0 Å². The molecule has 0 rings (SSSR count). The van der Waals surface area contributed by atoms with Crippen LogP contribution >= 0.6 is 8.25 Å². The minimum Gasteiger partial charge on any atom is -0.396 e. The van der Waals surface area contributed by atoms with E-state index in [1.165, 1.54) is 0 Å². The minimum atomic E-state index is -2.87. The van der Waals surface area contributed by atoms with Crippen LogP contribution in [0.3, 0.4) is 0 Å². The molecule has 0 fully saturated rings. The van der Waals surface area contributed by atoms with Crippen LogP contribution in [0.15, 0.2) is 0 Å². The Morgan fingerprint density at radius 1 is 1.18 bits per heavy atom. The Bertz CT molecular complexity index is 103. The second-order valence-corrected chi connectivity index (χ2v) is 3.24. The maximum atomic E-state index is 8.70. The predicted molar refractivity (Wildman–Crippen MR) is 40.0 cm³/mol. The van der Waals surface area contributed by atoms with Crippen molar-refractivity contribution >= 4 is 8.25 Å². The third-order valence-electron chi connectivity index (χ3n) is 0.856. The van der Waals surface area contributed by atoms with Gasteiger partial charge in [0.2, 0.25) is 0 Å². The fourth-order valence-electron chi connectivity index (χ4n) is 0.0500. The van der Waals surface area contributed by atoms with Crippen LogP contribution in [-0.4, -0.2) is 33.2 Å². The molecule has 0 atom stereocenters. The van der Waals surface area contributed by atoms with Crippen LogP contribution < -0.4 is 0 Å². The molecule has 0 aliphatic heterocycles. The molecular formula is C5H14O5P+. The van der Waals surface area contributed by atoms with E-state index in [0.717, 1.165) is 0 Å². The van der Waals surface area contributed by atoms with Crippen molar-refractivity contribution in [1.82, 2.24) is 0 Å². The van der Waals surface area contributed by atoms with Gasteiger partial charge in [-0.25, -0.2) is 0 Å². The minimum absolute atomic E-state index is 0.0451. The van der Waals surface area contributed by atoms with E-state index in [9.17, 15) is 0 Å². The first kappa shape index (κ1) is 13.5. The monoisotopic (exact) mass is 185 g/mol. The molecule has 0 radical (unpaired) electrons. The van der Waals surface area contributed by atoms with Crippen molar-refractivity contribution in [2.45, 2.75) is 13.8 Å². The topological polar surface area (TPSA) is 98.0 Å². The zero-order chi connectivity index (χ0) is 9.49. The van der Waals surface area contributed by atoms with Gasteiger partial charge in [0.05, 0.1) is 13.2 Å². The fourth-order valence-corrected chi connectivity index (χ4v) is 0.0500. The fraction of sp³-hybridized carbons (Fsp3) is 1.00. The van der Waals surface area contributed by atoms with Gasteiger partial charge in [0.15, 0.2) is 0 Å². The summed E-state index contributed by atoms with van der Waals surface area (Å²) in [5.74, 6) is 0. The highest BCUT2D eigenvalue weighted by Gasteiger charge is 2.13. The van der Waals surface area contributed by atoms with E-state index < -0.39 is 8.25 Å². The first-order valence-electron chi connectivity index (χ1n) is 2.92. The predicted octanol–water partition coefficient (Wildman–Crippen LogP) is -0.374. The van der Waals surface area contributed by atoms with Crippen molar-refractivity contribution in [3.63, 3.8) is 0 Å². The second-order valence-electron chi connectivity index (χ2n) is 2.73. The Kier molecular flexibility index (Phi) is 8.16. The summed E-state index contributed by atoms with van der Waals surface area (Å²) in [6.07, 6.45) is 0. The van der Waals surface area contributed by atoms with E-state index in [1.54, 1.807) is 13.8 Å². The summed E-state index contributed by atoms with van der Waals surface area (Å²) in [7, 11) is -2.87. The van der Waals surface area contributed by atoms with E-state index in [0.29, 0.717) is 0 Å². The molecule has 5 nitrogen and oxygen atoms in total. The lowest BCUT2D eigenvalue weighted by molar-refractivity contribution is 0.0857. The van der Waals surface area contributed by atoms with Crippen LogP contribution in [0.1, 0.15) is 13.8 Å². The highest BCUT2D eigenvalue weighted by atomic mass is 31.1. The van der Waals surface area contributed by atoms with Crippen LogP contribution in [0.4, 0.5) is 0 Å². The molecule has 0 aromatic heterocycles. The van der Waals surface area contributed by atoms with Crippen molar-refractivity contribution in [3.05, 3.63) is 0 Å². The van der Waals surface area contributed by atoms with Gasteiger partial charge in [-0.3, -0.25) is 0 Å². The number of hydrogen-bond acceptors (Lipinski definition) is 3. The zero-order valence-corrected chi connectivity index (χ0v) is 7.45. The summed E-state index contributed by atoms with van der Waals surface area (Å²) in [6.45, 7) is 3.69. The van der Waals surface area contributed by atoms with Gasteiger partial charge in [0.25, 0.3) is 0 Å². The molecule has 6 heteroatoms. The first-order valence-corrected chi connectivity index (χ1v) is 4.09. The molecule has 4 N–H and O–H groups in total. The molecule has 0 aliphatic rings. The average molecular weight is 185 g/mol. The van der Waals surface area contributed by atoms with Crippen molar-refractivity contribution in [2.24, 2.45) is 5.41 Å². The lowest BCUT2D eigenvalue weighted by Gasteiger charge is -2.16. The molecule has 0 aliphatic carbocycles. The maximum Gasteiger partial charge on any atom is 0.692 e. The third-order valence-corrected chi connectivity index (χ3v) is 0.856. The Balaban J connectivity index is 0. The van der Waals surface area contributed by atoms with Crippen molar-refractivity contribution in [3.8, 4) is 0 Å². The molecule has 0 spiro atoms. The third kappa shape index (κ3) is 17.8. The summed E-state index contributed by atoms with van der Waals surface area (Å²) in [5, 5.41) is 16.9. The van der Waals surface area contributed by atoms with E-state index in [4.69, 9.17) is 24.6 Å². The summed E-state index contributed by atoms with van der Waals surface area (Å²) >= 11 is 0. The molecular weight excluding hydrogens is 171 g/mol. The number of hydrogen-bond donors (Lipinski definition) is 4. The molecule has 0 bridgehead atoms. The van der Waals surface area contributed by atoms with Gasteiger partial charge in [-0.1, -0.05) is 13.8 Å². The molecule has 0 saturated heterocycles. The highest BCUT2D eigenvalue weighted by Crippen LogP contribution is 2.10. The zero-order valence-electron chi connectivity index (χ0n) is 6.56. The number of rotatable bonds is 2. The van der Waals surface area contributed by atoms with Crippen LogP contribution in [-0.2, 0) is 4.57 Å². The molecule has 0 saturated carbocycles. The average Bonchev–Trinajstić information content (AvgIpc) is 1.87. The van der Waals surface area contributed by atoms with E-state index >= 15 is 0 Å². The van der Waals surface area contributed by atoms with E-state index in [-0.39, 0.29) is 18.6 Å². The molecule has 0 heterocycles. The highest BCUT2D eigenvalue weighted by molar-refractivity contribution is 7.30. The SMILES string of the molecule is CC(C)(CO)CO.O=[P+](O)O. The molecule has 68 valence electrons. The van der Waals surface area contributed by atoms with Gasteiger partial charge < -0.3 is 10.2 Å². The molecule has 0 unspecified atom stereocenters. The standard InChI is InChI=1S/C5H12O2.HO3P/c1-5(2,3-6)4-7;1-4(2)3/h6-7H,3-4H2,1-2H3;(H-,1,2,3)/p+1. The van der Waals surface area contributed by atoms with E-state index in [2.05, 4.69) is 0 Å². The quantitative estimate of drug-likeness (QED) is 0.440. The van der Waals surface area contributed by atoms with Crippen LogP contribution in [0.25, 0.3) is 0 Å². The van der Waals surface area contributed by atoms with Gasteiger partial charge in [0.1, 0.15) is 0 Å². The largest absolute Gasteiger partial charge is 0.692 e.